The van der Waals surface area contributed by atoms with E-state index < -0.39 is 0 Å². The van der Waals surface area contributed by atoms with Crippen LogP contribution in [0.2, 0.25) is 0 Å². The van der Waals surface area contributed by atoms with Gasteiger partial charge in [0.15, 0.2) is 3.77 Å². The number of nitrogens with zero attached hydrogens (tertiary/aromatic N) is 1. The van der Waals surface area contributed by atoms with Gasteiger partial charge >= 0.3 is 0 Å². The zero-order valence-corrected chi connectivity index (χ0v) is 13.4. The first-order valence-electron chi connectivity index (χ1n) is 5.41. The SMILES string of the molecule is CCOc1cccc(N=Cc2cc(Br)c(I)o2)c1. The summed E-state index contributed by atoms with van der Waals surface area (Å²) in [5.41, 5.74) is 0.837. The van der Waals surface area contributed by atoms with Gasteiger partial charge in [0.2, 0.25) is 0 Å². The summed E-state index contributed by atoms with van der Waals surface area (Å²) in [6.45, 7) is 2.61. The number of hydrogen-bond acceptors (Lipinski definition) is 3. The molecule has 0 spiro atoms. The van der Waals surface area contributed by atoms with Crippen molar-refractivity contribution in [3.05, 3.63) is 44.3 Å². The molecule has 1 aromatic heterocycles. The average Bonchev–Trinajstić information content (AvgIpc) is 2.67. The zero-order valence-electron chi connectivity index (χ0n) is 9.69. The smallest absolute Gasteiger partial charge is 0.178 e. The first-order valence-corrected chi connectivity index (χ1v) is 7.28. The van der Waals surface area contributed by atoms with Gasteiger partial charge in [0.25, 0.3) is 0 Å². The van der Waals surface area contributed by atoms with E-state index in [0.29, 0.717) is 12.4 Å². The molecule has 3 nitrogen and oxygen atoms in total. The molecule has 0 fully saturated rings. The summed E-state index contributed by atoms with van der Waals surface area (Å²) in [4.78, 5) is 4.35. The van der Waals surface area contributed by atoms with Crippen molar-refractivity contribution in [1.29, 1.82) is 0 Å². The highest BCUT2D eigenvalue weighted by molar-refractivity contribution is 14.1. The Hall–Kier alpha value is -0.820. The van der Waals surface area contributed by atoms with Gasteiger partial charge in [-0.3, -0.25) is 4.99 Å². The third-order valence-electron chi connectivity index (χ3n) is 2.13. The Bertz CT molecular complexity index is 546. The maximum absolute atomic E-state index is 5.47. The number of halogens is 2. The van der Waals surface area contributed by atoms with E-state index in [1.807, 2.05) is 37.3 Å². The Morgan fingerprint density at radius 1 is 1.44 bits per heavy atom. The molecule has 18 heavy (non-hydrogen) atoms. The van der Waals surface area contributed by atoms with Crippen molar-refractivity contribution in [2.45, 2.75) is 6.92 Å². The molecule has 0 N–H and O–H groups in total. The average molecular weight is 420 g/mol. The van der Waals surface area contributed by atoms with Crippen molar-refractivity contribution in [2.75, 3.05) is 6.61 Å². The molecule has 0 saturated carbocycles. The Morgan fingerprint density at radius 3 is 2.94 bits per heavy atom. The summed E-state index contributed by atoms with van der Waals surface area (Å²) in [6.07, 6.45) is 1.69. The van der Waals surface area contributed by atoms with Gasteiger partial charge in [0.1, 0.15) is 11.5 Å². The highest BCUT2D eigenvalue weighted by Crippen LogP contribution is 2.23. The van der Waals surface area contributed by atoms with Crippen LogP contribution < -0.4 is 4.74 Å². The maximum atomic E-state index is 5.47. The van der Waals surface area contributed by atoms with Crippen LogP contribution in [0.25, 0.3) is 0 Å². The molecule has 2 rings (SSSR count). The largest absolute Gasteiger partial charge is 0.494 e. The molecule has 0 aliphatic rings. The number of furan rings is 1. The van der Waals surface area contributed by atoms with Crippen LogP contribution in [0, 0.1) is 3.77 Å². The van der Waals surface area contributed by atoms with Crippen LogP contribution >= 0.6 is 38.5 Å². The van der Waals surface area contributed by atoms with Crippen LogP contribution in [-0.4, -0.2) is 12.8 Å². The number of ether oxygens (including phenoxy) is 1. The van der Waals surface area contributed by atoms with Crippen molar-refractivity contribution in [1.82, 2.24) is 0 Å². The molecule has 1 aromatic carbocycles. The molecule has 94 valence electrons. The van der Waals surface area contributed by atoms with E-state index in [1.165, 1.54) is 0 Å². The van der Waals surface area contributed by atoms with Crippen LogP contribution in [0.15, 0.2) is 44.2 Å². The summed E-state index contributed by atoms with van der Waals surface area (Å²) < 4.78 is 12.6. The minimum atomic E-state index is 0.649. The minimum absolute atomic E-state index is 0.649. The molecule has 0 aliphatic heterocycles. The second kappa shape index (κ2) is 6.38. The van der Waals surface area contributed by atoms with Crippen LogP contribution in [0.1, 0.15) is 12.7 Å². The molecule has 0 radical (unpaired) electrons. The fourth-order valence-corrected chi connectivity index (χ4v) is 2.10. The molecule has 2 aromatic rings. The van der Waals surface area contributed by atoms with Gasteiger partial charge in [-0.05, 0) is 35.0 Å². The van der Waals surface area contributed by atoms with Crippen molar-refractivity contribution >= 4 is 50.4 Å². The highest BCUT2D eigenvalue weighted by atomic mass is 127. The monoisotopic (exact) mass is 419 g/mol. The summed E-state index contributed by atoms with van der Waals surface area (Å²) in [6, 6.07) is 9.52. The number of hydrogen-bond donors (Lipinski definition) is 0. The second-order valence-electron chi connectivity index (χ2n) is 3.46. The van der Waals surface area contributed by atoms with Gasteiger partial charge in [-0.25, -0.2) is 0 Å². The predicted molar refractivity (Wildman–Crippen MR) is 84.0 cm³/mol. The van der Waals surface area contributed by atoms with Gasteiger partial charge in [-0.1, -0.05) is 6.07 Å². The lowest BCUT2D eigenvalue weighted by Crippen LogP contribution is -1.90. The summed E-state index contributed by atoms with van der Waals surface area (Å²) >= 11 is 5.51. The molecule has 0 bridgehead atoms. The van der Waals surface area contributed by atoms with Crippen molar-refractivity contribution in [3.63, 3.8) is 0 Å². The van der Waals surface area contributed by atoms with Crippen molar-refractivity contribution < 1.29 is 9.15 Å². The van der Waals surface area contributed by atoms with Crippen molar-refractivity contribution in [3.8, 4) is 5.75 Å². The number of rotatable bonds is 4. The Kier molecular flexibility index (Phi) is 4.82. The van der Waals surface area contributed by atoms with Gasteiger partial charge in [0.05, 0.1) is 23.0 Å². The van der Waals surface area contributed by atoms with E-state index in [0.717, 1.165) is 19.7 Å². The molecule has 0 amide bonds. The topological polar surface area (TPSA) is 34.7 Å². The first-order chi connectivity index (χ1) is 8.69. The molecule has 0 saturated heterocycles. The predicted octanol–water partition coefficient (Wildman–Crippen LogP) is 4.80. The Labute approximate surface area is 128 Å². The lowest BCUT2D eigenvalue weighted by molar-refractivity contribution is 0.340. The number of aliphatic imine (C=N–C) groups is 1. The van der Waals surface area contributed by atoms with E-state index in [4.69, 9.17) is 9.15 Å². The van der Waals surface area contributed by atoms with E-state index >= 15 is 0 Å². The molecule has 0 unspecified atom stereocenters. The second-order valence-corrected chi connectivity index (χ2v) is 5.29. The van der Waals surface area contributed by atoms with Gasteiger partial charge in [0, 0.05) is 34.7 Å². The van der Waals surface area contributed by atoms with E-state index in [-0.39, 0.29) is 0 Å². The molecular weight excluding hydrogens is 409 g/mol. The number of benzene rings is 1. The molecule has 0 atom stereocenters. The fourth-order valence-electron chi connectivity index (χ4n) is 1.39. The molecule has 5 heteroatoms. The van der Waals surface area contributed by atoms with Crippen LogP contribution in [0.4, 0.5) is 5.69 Å². The third-order valence-corrected chi connectivity index (χ3v) is 4.27. The molecule has 1 heterocycles. The van der Waals surface area contributed by atoms with E-state index in [2.05, 4.69) is 43.5 Å². The van der Waals surface area contributed by atoms with Crippen molar-refractivity contribution in [2.24, 2.45) is 4.99 Å². The fraction of sp³-hybridized carbons (Fsp3) is 0.154. The van der Waals surface area contributed by atoms with Gasteiger partial charge in [-0.15, -0.1) is 0 Å². The molecular formula is C13H11BrINO2. The van der Waals surface area contributed by atoms with Crippen LogP contribution in [0.5, 0.6) is 5.75 Å². The van der Waals surface area contributed by atoms with Gasteiger partial charge in [-0.2, -0.15) is 0 Å². The lowest BCUT2D eigenvalue weighted by Gasteiger charge is -2.02. The maximum Gasteiger partial charge on any atom is 0.178 e. The van der Waals surface area contributed by atoms with Crippen LogP contribution in [0.3, 0.4) is 0 Å². The lowest BCUT2D eigenvalue weighted by atomic mass is 10.3. The summed E-state index contributed by atoms with van der Waals surface area (Å²) in [7, 11) is 0. The quantitative estimate of drug-likeness (QED) is 0.527. The van der Waals surface area contributed by atoms with E-state index in [1.54, 1.807) is 6.21 Å². The highest BCUT2D eigenvalue weighted by Gasteiger charge is 2.03. The van der Waals surface area contributed by atoms with Gasteiger partial charge < -0.3 is 9.15 Å². The first kappa shape index (κ1) is 13.6. The Morgan fingerprint density at radius 2 is 2.28 bits per heavy atom. The summed E-state index contributed by atoms with van der Waals surface area (Å²) in [5, 5.41) is 0. The molecule has 0 aliphatic carbocycles. The zero-order chi connectivity index (χ0) is 13.0. The standard InChI is InChI=1S/C13H11BrINO2/c1-2-17-10-5-3-4-9(6-10)16-8-11-7-12(14)13(15)18-11/h3-8H,2H2,1H3. The summed E-state index contributed by atoms with van der Waals surface area (Å²) in [5.74, 6) is 1.54. The minimum Gasteiger partial charge on any atom is -0.494 e. The van der Waals surface area contributed by atoms with E-state index in [9.17, 15) is 0 Å². The Balaban J connectivity index is 2.15. The van der Waals surface area contributed by atoms with Crippen LogP contribution in [-0.2, 0) is 0 Å². The normalized spacial score (nSPS) is 11.1. The third kappa shape index (κ3) is 3.58.